The van der Waals surface area contributed by atoms with Crippen molar-refractivity contribution < 1.29 is 23.9 Å². The molecule has 3 fully saturated rings. The van der Waals surface area contributed by atoms with E-state index in [1.54, 1.807) is 6.92 Å². The van der Waals surface area contributed by atoms with Crippen molar-refractivity contribution in [3.05, 3.63) is 11.6 Å². The highest BCUT2D eigenvalue weighted by atomic mass is 16.6. The van der Waals surface area contributed by atoms with Crippen LogP contribution in [-0.2, 0) is 23.9 Å². The highest BCUT2D eigenvalue weighted by molar-refractivity contribution is 5.89. The van der Waals surface area contributed by atoms with E-state index in [1.807, 2.05) is 0 Å². The Balaban J connectivity index is 1.63. The van der Waals surface area contributed by atoms with Crippen molar-refractivity contribution >= 4 is 17.7 Å². The van der Waals surface area contributed by atoms with Gasteiger partial charge >= 0.3 is 11.9 Å². The maximum absolute atomic E-state index is 12.8. The molecule has 7 atom stereocenters. The molecule has 0 radical (unpaired) electrons. The van der Waals surface area contributed by atoms with Crippen LogP contribution in [0.3, 0.4) is 0 Å². The summed E-state index contributed by atoms with van der Waals surface area (Å²) in [6.07, 6.45) is 9.81. The van der Waals surface area contributed by atoms with Crippen LogP contribution in [0, 0.1) is 28.6 Å². The zero-order chi connectivity index (χ0) is 21.9. The number of Topliss-reactive ketones (excluding diaryl/α,β-unsaturated/α-hetero) is 1. The zero-order valence-corrected chi connectivity index (χ0v) is 19.1. The minimum absolute atomic E-state index is 0.00120. The second-order valence-corrected chi connectivity index (χ2v) is 10.7. The summed E-state index contributed by atoms with van der Waals surface area (Å²) in [5.74, 6) is 0.939. The van der Waals surface area contributed by atoms with Crippen molar-refractivity contribution in [2.45, 2.75) is 97.7 Å². The summed E-state index contributed by atoms with van der Waals surface area (Å²) < 4.78 is 11.4. The minimum atomic E-state index is -0.966. The first-order valence-electron chi connectivity index (χ1n) is 11.6. The van der Waals surface area contributed by atoms with Gasteiger partial charge in [0.2, 0.25) is 0 Å². The van der Waals surface area contributed by atoms with Gasteiger partial charge < -0.3 is 9.47 Å². The lowest BCUT2D eigenvalue weighted by Gasteiger charge is -2.59. The smallest absolute Gasteiger partial charge is 0.303 e. The number of carbonyl (C=O) groups is 3. The summed E-state index contributed by atoms with van der Waals surface area (Å²) in [5, 5.41) is 0. The first-order valence-corrected chi connectivity index (χ1v) is 11.6. The van der Waals surface area contributed by atoms with Gasteiger partial charge in [-0.15, -0.1) is 0 Å². The van der Waals surface area contributed by atoms with Crippen LogP contribution in [0.4, 0.5) is 0 Å². The van der Waals surface area contributed by atoms with E-state index in [0.717, 1.165) is 44.9 Å². The van der Waals surface area contributed by atoms with Crippen molar-refractivity contribution in [1.29, 1.82) is 0 Å². The van der Waals surface area contributed by atoms with Crippen molar-refractivity contribution in [2.75, 3.05) is 0 Å². The predicted molar refractivity (Wildman–Crippen MR) is 112 cm³/mol. The Kier molecular flexibility index (Phi) is 5.18. The second kappa shape index (κ2) is 7.20. The Morgan fingerprint density at radius 3 is 2.27 bits per heavy atom. The van der Waals surface area contributed by atoms with Gasteiger partial charge in [-0.25, -0.2) is 0 Å². The lowest BCUT2D eigenvalue weighted by molar-refractivity contribution is -0.186. The second-order valence-electron chi connectivity index (χ2n) is 10.7. The maximum Gasteiger partial charge on any atom is 0.303 e. The molecule has 0 bridgehead atoms. The van der Waals surface area contributed by atoms with E-state index in [9.17, 15) is 14.4 Å². The highest BCUT2D eigenvalue weighted by Crippen LogP contribution is 2.68. The first kappa shape index (κ1) is 21.6. The molecular formula is C25H36O5. The standard InChI is InChI=1S/C25H36O5/c1-15(26)25(30-17(3)28)13-10-22-20-7-6-18-14-19(29-16(2)27)8-11-23(18,4)21(20)9-12-24(22,25)5/h6,19-22H,7-14H2,1-5H3/t19-,20+,21-,22-,23-,24-,25+/m0/s1. The molecule has 0 saturated heterocycles. The molecule has 0 spiro atoms. The number of esters is 2. The van der Waals surface area contributed by atoms with Crippen LogP contribution in [-0.4, -0.2) is 29.4 Å². The largest absolute Gasteiger partial charge is 0.462 e. The van der Waals surface area contributed by atoms with Crippen LogP contribution < -0.4 is 0 Å². The number of ether oxygens (including phenoxy) is 2. The normalized spacial score (nSPS) is 44.8. The van der Waals surface area contributed by atoms with Crippen LogP contribution in [0.2, 0.25) is 0 Å². The molecule has 0 heterocycles. The van der Waals surface area contributed by atoms with E-state index < -0.39 is 5.60 Å². The summed E-state index contributed by atoms with van der Waals surface area (Å²) in [6.45, 7) is 9.11. The Bertz CT molecular complexity index is 799. The van der Waals surface area contributed by atoms with E-state index in [2.05, 4.69) is 19.9 Å². The van der Waals surface area contributed by atoms with Crippen molar-refractivity contribution in [1.82, 2.24) is 0 Å². The van der Waals surface area contributed by atoms with E-state index in [0.29, 0.717) is 24.2 Å². The third kappa shape index (κ3) is 2.98. The summed E-state index contributed by atoms with van der Waals surface area (Å²) in [6, 6.07) is 0. The Morgan fingerprint density at radius 2 is 1.63 bits per heavy atom. The fourth-order valence-corrected chi connectivity index (χ4v) is 8.02. The molecule has 0 amide bonds. The number of hydrogen-bond acceptors (Lipinski definition) is 5. The Morgan fingerprint density at radius 1 is 0.933 bits per heavy atom. The third-order valence-corrected chi connectivity index (χ3v) is 9.40. The lowest BCUT2D eigenvalue weighted by Crippen LogP contribution is -2.58. The van der Waals surface area contributed by atoms with Crippen molar-refractivity contribution in [3.63, 3.8) is 0 Å². The topological polar surface area (TPSA) is 69.7 Å². The molecule has 0 aromatic carbocycles. The molecule has 0 aromatic heterocycles. The van der Waals surface area contributed by atoms with Gasteiger partial charge in [0.25, 0.3) is 0 Å². The summed E-state index contributed by atoms with van der Waals surface area (Å²) in [4.78, 5) is 36.2. The number of hydrogen-bond donors (Lipinski definition) is 0. The molecule has 5 nitrogen and oxygen atoms in total. The molecule has 0 aromatic rings. The molecule has 4 aliphatic rings. The molecular weight excluding hydrogens is 380 g/mol. The number of fused-ring (bicyclic) bond motifs is 5. The number of rotatable bonds is 3. The van der Waals surface area contributed by atoms with Gasteiger partial charge in [-0.1, -0.05) is 25.5 Å². The van der Waals surface area contributed by atoms with Crippen LogP contribution in [0.5, 0.6) is 0 Å². The fourth-order valence-electron chi connectivity index (χ4n) is 8.02. The molecule has 0 unspecified atom stereocenters. The van der Waals surface area contributed by atoms with E-state index in [4.69, 9.17) is 9.47 Å². The highest BCUT2D eigenvalue weighted by Gasteiger charge is 2.67. The van der Waals surface area contributed by atoms with Crippen LogP contribution >= 0.6 is 0 Å². The Labute approximate surface area is 179 Å². The predicted octanol–water partition coefficient (Wildman–Crippen LogP) is 4.77. The molecule has 166 valence electrons. The van der Waals surface area contributed by atoms with Gasteiger partial charge in [0.1, 0.15) is 6.10 Å². The first-order chi connectivity index (χ1) is 14.0. The van der Waals surface area contributed by atoms with Crippen LogP contribution in [0.1, 0.15) is 86.0 Å². The molecule has 30 heavy (non-hydrogen) atoms. The average molecular weight is 417 g/mol. The van der Waals surface area contributed by atoms with E-state index in [-0.39, 0.29) is 34.7 Å². The van der Waals surface area contributed by atoms with Gasteiger partial charge in [0.05, 0.1) is 0 Å². The molecule has 0 N–H and O–H groups in total. The molecule has 4 aliphatic carbocycles. The molecule has 3 saturated carbocycles. The minimum Gasteiger partial charge on any atom is -0.462 e. The van der Waals surface area contributed by atoms with Crippen LogP contribution in [0.25, 0.3) is 0 Å². The average Bonchev–Trinajstić information content (AvgIpc) is 2.94. The SMILES string of the molecule is CC(=O)O[C@H]1CC[C@@]2(C)C(=CC[C@@H]3[C@@H]2CC[C@@]2(C)[C@H]3CC[C@@]2(OC(C)=O)C(C)=O)C1. The van der Waals surface area contributed by atoms with Gasteiger partial charge in [-0.05, 0) is 75.0 Å². The zero-order valence-electron chi connectivity index (χ0n) is 19.1. The van der Waals surface area contributed by atoms with E-state index in [1.165, 1.54) is 19.4 Å². The maximum atomic E-state index is 12.8. The summed E-state index contributed by atoms with van der Waals surface area (Å²) in [5.41, 5.74) is 0.346. The van der Waals surface area contributed by atoms with Gasteiger partial charge in [0, 0.05) is 25.7 Å². The Hall–Kier alpha value is -1.65. The van der Waals surface area contributed by atoms with Crippen molar-refractivity contribution in [2.24, 2.45) is 28.6 Å². The number of ketones is 1. The van der Waals surface area contributed by atoms with Crippen LogP contribution in [0.15, 0.2) is 11.6 Å². The summed E-state index contributed by atoms with van der Waals surface area (Å²) >= 11 is 0. The van der Waals surface area contributed by atoms with Gasteiger partial charge in [0.15, 0.2) is 11.4 Å². The van der Waals surface area contributed by atoms with Crippen molar-refractivity contribution in [3.8, 4) is 0 Å². The van der Waals surface area contributed by atoms with E-state index >= 15 is 0 Å². The van der Waals surface area contributed by atoms with Gasteiger partial charge in [-0.2, -0.15) is 0 Å². The lowest BCUT2D eigenvalue weighted by atomic mass is 9.46. The third-order valence-electron chi connectivity index (χ3n) is 9.40. The molecule has 0 aliphatic heterocycles. The summed E-state index contributed by atoms with van der Waals surface area (Å²) in [7, 11) is 0. The molecule has 5 heteroatoms. The number of carbonyl (C=O) groups excluding carboxylic acids is 3. The molecule has 4 rings (SSSR count). The van der Waals surface area contributed by atoms with Gasteiger partial charge in [-0.3, -0.25) is 14.4 Å². The number of allylic oxidation sites excluding steroid dienone is 1. The fraction of sp³-hybridized carbons (Fsp3) is 0.800. The monoisotopic (exact) mass is 416 g/mol. The quantitative estimate of drug-likeness (QED) is 0.489.